The Morgan fingerprint density at radius 3 is 2.58 bits per heavy atom. The number of nitrogens with one attached hydrogen (secondary N) is 1. The zero-order chi connectivity index (χ0) is 32.5. The Labute approximate surface area is 264 Å². The summed E-state index contributed by atoms with van der Waals surface area (Å²) in [6.45, 7) is 3.16. The topological polar surface area (TPSA) is 84.1 Å². The van der Waals surface area contributed by atoms with Crippen LogP contribution in [0.3, 0.4) is 0 Å². The van der Waals surface area contributed by atoms with Crippen LogP contribution in [-0.2, 0) is 18.0 Å². The lowest BCUT2D eigenvalue weighted by Gasteiger charge is -2.24. The molecule has 9 nitrogen and oxygen atoms in total. The highest BCUT2D eigenvalue weighted by molar-refractivity contribution is 6.33. The maximum Gasteiger partial charge on any atom is 0.416 e. The third-order valence-corrected chi connectivity index (χ3v) is 8.02. The number of carbonyl (C=O) groups is 1. The van der Waals surface area contributed by atoms with Crippen molar-refractivity contribution in [3.8, 4) is 22.5 Å². The van der Waals surface area contributed by atoms with Gasteiger partial charge in [0.2, 0.25) is 0 Å². The highest BCUT2D eigenvalue weighted by atomic mass is 35.5. The Balaban J connectivity index is 1.41. The van der Waals surface area contributed by atoms with Crippen molar-refractivity contribution in [2.45, 2.75) is 19.5 Å². The van der Waals surface area contributed by atoms with E-state index in [1.165, 1.54) is 0 Å². The van der Waals surface area contributed by atoms with Crippen molar-refractivity contribution < 1.29 is 18.0 Å². The van der Waals surface area contributed by atoms with Gasteiger partial charge in [0, 0.05) is 71.9 Å². The van der Waals surface area contributed by atoms with E-state index in [1.807, 2.05) is 57.2 Å². The number of anilines is 2. The number of hydrogen-bond donors (Lipinski definition) is 1. The van der Waals surface area contributed by atoms with Crippen molar-refractivity contribution in [1.29, 1.82) is 0 Å². The first-order valence-corrected chi connectivity index (χ1v) is 14.7. The summed E-state index contributed by atoms with van der Waals surface area (Å²) in [6, 6.07) is 11.1. The number of allylic oxidation sites excluding steroid dienone is 2. The standard InChI is InChI=1S/C32H34ClF3N8O/c1-20-10-11-21(31(45)38-23-15-22(32(34,35)36)16-24(17-23)42(4)13-12-41(2)3)14-29(20)44-19-28(39-40-44)26-18-37-43(5)30(26)25-8-6-7-9-27(25)33/h6-9,11,14-20H,10,12-13H2,1-5H3,(H,38,45). The van der Waals surface area contributed by atoms with Crippen LogP contribution in [0.5, 0.6) is 0 Å². The lowest BCUT2D eigenvalue weighted by molar-refractivity contribution is -0.137. The monoisotopic (exact) mass is 638 g/mol. The number of carbonyl (C=O) groups excluding carboxylic acids is 1. The molecular weight excluding hydrogens is 605 g/mol. The number of alkyl halides is 3. The Bertz CT molecular complexity index is 1770. The van der Waals surface area contributed by atoms with Gasteiger partial charge in [-0.2, -0.15) is 18.3 Å². The number of likely N-dealkylation sites (N-methyl/N-ethyl adjacent to an activating group) is 2. The number of amides is 1. The summed E-state index contributed by atoms with van der Waals surface area (Å²) in [7, 11) is 7.33. The molecule has 1 aliphatic carbocycles. The molecular formula is C32H34ClF3N8O. The molecule has 0 bridgehead atoms. The minimum Gasteiger partial charge on any atom is -0.373 e. The molecule has 45 heavy (non-hydrogen) atoms. The van der Waals surface area contributed by atoms with Gasteiger partial charge in [0.15, 0.2) is 0 Å². The summed E-state index contributed by atoms with van der Waals surface area (Å²) in [4.78, 5) is 17.0. The first-order valence-electron chi connectivity index (χ1n) is 14.3. The van der Waals surface area contributed by atoms with E-state index < -0.39 is 17.6 Å². The van der Waals surface area contributed by atoms with Crippen molar-refractivity contribution in [2.75, 3.05) is 44.4 Å². The maximum absolute atomic E-state index is 13.8. The third kappa shape index (κ3) is 7.12. The number of aryl methyl sites for hydroxylation is 1. The molecule has 2 heterocycles. The highest BCUT2D eigenvalue weighted by Gasteiger charge is 2.32. The SMILES string of the molecule is CC1CC=C(C(=O)Nc2cc(N(C)CCN(C)C)cc(C(F)(F)F)c2)C=C1n1cc(-c2cnn(C)c2-c2ccccc2Cl)nn1. The number of aromatic nitrogens is 5. The van der Waals surface area contributed by atoms with Crippen LogP contribution >= 0.6 is 11.6 Å². The lowest BCUT2D eigenvalue weighted by Crippen LogP contribution is -2.28. The molecule has 0 radical (unpaired) electrons. The predicted octanol–water partition coefficient (Wildman–Crippen LogP) is 6.46. The molecule has 1 atom stereocenters. The summed E-state index contributed by atoms with van der Waals surface area (Å²) in [5, 5.41) is 16.4. The van der Waals surface area contributed by atoms with E-state index >= 15 is 0 Å². The first kappa shape index (κ1) is 32.0. The van der Waals surface area contributed by atoms with Crippen molar-refractivity contribution in [2.24, 2.45) is 13.0 Å². The number of halogens is 4. The van der Waals surface area contributed by atoms with Gasteiger partial charge in [-0.15, -0.1) is 5.10 Å². The van der Waals surface area contributed by atoms with Gasteiger partial charge >= 0.3 is 6.18 Å². The van der Waals surface area contributed by atoms with Gasteiger partial charge in [0.1, 0.15) is 5.69 Å². The number of nitrogens with zero attached hydrogens (tertiary/aromatic N) is 7. The van der Waals surface area contributed by atoms with Crippen molar-refractivity contribution >= 4 is 34.6 Å². The molecule has 1 N–H and O–H groups in total. The van der Waals surface area contributed by atoms with Crippen LogP contribution in [-0.4, -0.2) is 69.8 Å². The second kappa shape index (κ2) is 12.9. The predicted molar refractivity (Wildman–Crippen MR) is 171 cm³/mol. The Hall–Kier alpha value is -4.42. The van der Waals surface area contributed by atoms with Gasteiger partial charge < -0.3 is 15.1 Å². The minimum absolute atomic E-state index is 0.00135. The van der Waals surface area contributed by atoms with E-state index in [0.29, 0.717) is 41.5 Å². The van der Waals surface area contributed by atoms with Crippen LogP contribution < -0.4 is 10.2 Å². The summed E-state index contributed by atoms with van der Waals surface area (Å²) in [5.74, 6) is -0.521. The molecule has 236 valence electrons. The van der Waals surface area contributed by atoms with Gasteiger partial charge in [0.05, 0.1) is 23.7 Å². The molecule has 0 spiro atoms. The van der Waals surface area contributed by atoms with Gasteiger partial charge in [0.25, 0.3) is 5.91 Å². The van der Waals surface area contributed by atoms with Crippen molar-refractivity contribution in [3.63, 3.8) is 0 Å². The van der Waals surface area contributed by atoms with Gasteiger partial charge in [-0.05, 0) is 50.9 Å². The smallest absolute Gasteiger partial charge is 0.373 e. The lowest BCUT2D eigenvalue weighted by atomic mass is 9.94. The van der Waals surface area contributed by atoms with E-state index in [9.17, 15) is 18.0 Å². The average molecular weight is 639 g/mol. The molecule has 2 aromatic heterocycles. The normalized spacial score (nSPS) is 15.2. The Kier molecular flexibility index (Phi) is 9.17. The van der Waals surface area contributed by atoms with E-state index in [-0.39, 0.29) is 11.6 Å². The molecule has 0 saturated heterocycles. The number of rotatable bonds is 9. The maximum atomic E-state index is 13.8. The minimum atomic E-state index is -4.57. The molecule has 1 aliphatic rings. The van der Waals surface area contributed by atoms with Crippen LogP contribution in [0, 0.1) is 5.92 Å². The van der Waals surface area contributed by atoms with E-state index in [4.69, 9.17) is 11.6 Å². The van der Waals surface area contributed by atoms with Gasteiger partial charge in [-0.25, -0.2) is 4.68 Å². The van der Waals surface area contributed by atoms with Crippen LogP contribution in [0.4, 0.5) is 24.5 Å². The van der Waals surface area contributed by atoms with Crippen molar-refractivity contribution in [1.82, 2.24) is 29.7 Å². The fraction of sp³-hybridized carbons (Fsp3) is 0.312. The van der Waals surface area contributed by atoms with Crippen LogP contribution in [0.1, 0.15) is 18.9 Å². The second-order valence-electron chi connectivity index (χ2n) is 11.4. The molecule has 0 saturated carbocycles. The molecule has 4 aromatic rings. The molecule has 0 aliphatic heterocycles. The van der Waals surface area contributed by atoms with Crippen LogP contribution in [0.2, 0.25) is 5.02 Å². The quantitative estimate of drug-likeness (QED) is 0.227. The largest absolute Gasteiger partial charge is 0.416 e. The summed E-state index contributed by atoms with van der Waals surface area (Å²) < 4.78 is 44.7. The van der Waals surface area contributed by atoms with Crippen LogP contribution in [0.15, 0.2) is 72.6 Å². The van der Waals surface area contributed by atoms with E-state index in [2.05, 4.69) is 20.7 Å². The molecule has 5 rings (SSSR count). The fourth-order valence-corrected chi connectivity index (χ4v) is 5.32. The highest BCUT2D eigenvalue weighted by Crippen LogP contribution is 2.37. The molecule has 13 heteroatoms. The third-order valence-electron chi connectivity index (χ3n) is 7.69. The van der Waals surface area contributed by atoms with Gasteiger partial charge in [-0.3, -0.25) is 9.48 Å². The molecule has 1 amide bonds. The average Bonchev–Trinajstić information content (AvgIpc) is 3.62. The summed E-state index contributed by atoms with van der Waals surface area (Å²) in [6.07, 6.45) is 2.89. The summed E-state index contributed by atoms with van der Waals surface area (Å²) >= 11 is 6.48. The summed E-state index contributed by atoms with van der Waals surface area (Å²) in [5.41, 5.74) is 3.51. The van der Waals surface area contributed by atoms with E-state index in [0.717, 1.165) is 34.7 Å². The van der Waals surface area contributed by atoms with Crippen molar-refractivity contribution in [3.05, 3.63) is 83.2 Å². The molecule has 1 unspecified atom stereocenters. The fourth-order valence-electron chi connectivity index (χ4n) is 5.10. The second-order valence-corrected chi connectivity index (χ2v) is 11.8. The Morgan fingerprint density at radius 1 is 1.11 bits per heavy atom. The zero-order valence-corrected chi connectivity index (χ0v) is 26.4. The molecule has 0 fully saturated rings. The molecule has 2 aromatic carbocycles. The van der Waals surface area contributed by atoms with E-state index in [1.54, 1.807) is 51.9 Å². The van der Waals surface area contributed by atoms with Crippen LogP contribution in [0.25, 0.3) is 28.2 Å². The number of benzene rings is 2. The zero-order valence-electron chi connectivity index (χ0n) is 25.6. The number of hydrogen-bond acceptors (Lipinski definition) is 6. The first-order chi connectivity index (χ1) is 21.3. The Morgan fingerprint density at radius 2 is 1.87 bits per heavy atom. The van der Waals surface area contributed by atoms with Gasteiger partial charge in [-0.1, -0.05) is 48.0 Å².